The summed E-state index contributed by atoms with van der Waals surface area (Å²) in [5.41, 5.74) is 23.3. The Morgan fingerprint density at radius 1 is 0.262 bits per heavy atom. The lowest BCUT2D eigenvalue weighted by atomic mass is 9.31. The van der Waals surface area contributed by atoms with Crippen molar-refractivity contribution in [3.8, 4) is 44.5 Å². The van der Waals surface area contributed by atoms with Crippen molar-refractivity contribution in [2.75, 3.05) is 24.5 Å². The van der Waals surface area contributed by atoms with Crippen LogP contribution in [-0.4, -0.2) is 13.4 Å². The highest BCUT2D eigenvalue weighted by Crippen LogP contribution is 2.56. The minimum atomic E-state index is -0.850. The SMILES string of the molecule is Fc1cccc(F)c1N1c2cc(N(c3ccccc3)c3c(-c4ccccc4)cccc3-c3ccccc3)cc3c2B(c2ccccc2N3c2c(-c3ccccc3)cccc2-c2ccccc2)c2cc3c(c(F)c21)Sc1cc(N(c2ccccc2)c2ccccc2)cc2c1B3c1ccccc1N2c1ccccc1. The van der Waals surface area contributed by atoms with Gasteiger partial charge in [0.1, 0.15) is 17.3 Å². The van der Waals surface area contributed by atoms with E-state index in [2.05, 4.69) is 293 Å². The molecule has 0 bridgehead atoms. The van der Waals surface area contributed by atoms with Crippen LogP contribution in [0, 0.1) is 17.5 Å². The molecule has 0 saturated carbocycles. The average Bonchev–Trinajstić information content (AvgIpc) is 0.681. The molecule has 20 rings (SSSR count). The molecule has 107 heavy (non-hydrogen) atoms. The van der Waals surface area contributed by atoms with Crippen molar-refractivity contribution in [3.05, 3.63) is 394 Å². The summed E-state index contributed by atoms with van der Waals surface area (Å²) in [5.74, 6) is -2.29. The summed E-state index contributed by atoms with van der Waals surface area (Å²) in [5, 5.41) is 0. The predicted octanol–water partition coefficient (Wildman–Crippen LogP) is 22.6. The molecule has 0 spiro atoms. The molecule has 504 valence electrons. The fraction of sp³-hybridized carbons (Fsp3) is 0. The van der Waals surface area contributed by atoms with Gasteiger partial charge in [0.05, 0.1) is 22.7 Å². The van der Waals surface area contributed by atoms with Crippen LogP contribution in [0.4, 0.5) is 98.5 Å². The van der Waals surface area contributed by atoms with Crippen LogP contribution in [0.2, 0.25) is 0 Å². The van der Waals surface area contributed by atoms with Crippen LogP contribution in [0.1, 0.15) is 0 Å². The van der Waals surface area contributed by atoms with Gasteiger partial charge < -0.3 is 24.5 Å². The summed E-state index contributed by atoms with van der Waals surface area (Å²) in [6.45, 7) is -1.25. The zero-order valence-electron chi connectivity index (χ0n) is 57.7. The quantitative estimate of drug-likeness (QED) is 0.106. The molecule has 0 unspecified atom stereocenters. The summed E-state index contributed by atoms with van der Waals surface area (Å²) in [7, 11) is 0. The van der Waals surface area contributed by atoms with E-state index < -0.39 is 36.6 Å². The van der Waals surface area contributed by atoms with Crippen LogP contribution < -0.4 is 57.3 Å². The molecule has 0 atom stereocenters. The highest BCUT2D eigenvalue weighted by molar-refractivity contribution is 8.00. The zero-order valence-corrected chi connectivity index (χ0v) is 58.5. The van der Waals surface area contributed by atoms with Crippen LogP contribution in [-0.2, 0) is 0 Å². The predicted molar refractivity (Wildman–Crippen MR) is 441 cm³/mol. The smallest absolute Gasteiger partial charge is 0.252 e. The van der Waals surface area contributed by atoms with Gasteiger partial charge in [-0.25, -0.2) is 13.2 Å². The lowest BCUT2D eigenvalue weighted by Crippen LogP contribution is -2.65. The molecule has 4 aliphatic rings. The van der Waals surface area contributed by atoms with Crippen LogP contribution in [0.15, 0.2) is 386 Å². The van der Waals surface area contributed by atoms with Crippen molar-refractivity contribution in [2.45, 2.75) is 9.79 Å². The molecule has 0 aromatic heterocycles. The van der Waals surface area contributed by atoms with Gasteiger partial charge in [0, 0.05) is 88.9 Å². The molecule has 5 nitrogen and oxygen atoms in total. The summed E-state index contributed by atoms with van der Waals surface area (Å²) < 4.78 is 57.7. The molecule has 0 radical (unpaired) electrons. The highest BCUT2D eigenvalue weighted by Gasteiger charge is 2.50. The number of anilines is 15. The summed E-state index contributed by atoms with van der Waals surface area (Å²) in [6.07, 6.45) is 0. The summed E-state index contributed by atoms with van der Waals surface area (Å²) >= 11 is 1.38. The Kier molecular flexibility index (Phi) is 15.5. The minimum absolute atomic E-state index is 0.0599. The topological polar surface area (TPSA) is 16.2 Å². The summed E-state index contributed by atoms with van der Waals surface area (Å²) in [6, 6.07) is 128. The van der Waals surface area contributed by atoms with E-state index in [1.165, 1.54) is 30.0 Å². The largest absolute Gasteiger partial charge is 0.311 e. The van der Waals surface area contributed by atoms with Crippen LogP contribution in [0.25, 0.3) is 44.5 Å². The van der Waals surface area contributed by atoms with E-state index in [0.29, 0.717) is 21.7 Å². The van der Waals surface area contributed by atoms with E-state index in [-0.39, 0.29) is 5.69 Å². The number of halogens is 3. The standard InChI is InChI=1S/C96H62B2F3N5S/c99-81-54-31-55-82(100)95(81)106-86-59-71(103(69-44-21-7-22-45-69)92-73(63-32-9-1-10-33-63)48-29-49-74(92)64-34-11-2-12-35-64)58-85-89(86)97(78-53-26-28-57-84(78)105(85)93-75(65-36-13-3-14-37-65)50-30-51-76(93)66-38-15-4-16-39-66)79-62-80-96(91(101)94(79)106)107-88-61-72(102(67-40-17-5-18-41-67)68-42-19-6-20-43-68)60-87-90(88)98(80)77-52-25-27-56-83(77)104(87)70-46-23-8-24-47-70/h1-62H. The van der Waals surface area contributed by atoms with Gasteiger partial charge >= 0.3 is 0 Å². The third kappa shape index (κ3) is 10.4. The molecule has 0 fully saturated rings. The second-order valence-corrected chi connectivity index (χ2v) is 28.4. The third-order valence-corrected chi connectivity index (χ3v) is 22.6. The van der Waals surface area contributed by atoms with E-state index in [9.17, 15) is 0 Å². The van der Waals surface area contributed by atoms with Crippen LogP contribution >= 0.6 is 11.8 Å². The average molecular weight is 1400 g/mol. The van der Waals surface area contributed by atoms with E-state index in [1.807, 2.05) is 84.9 Å². The molecule has 0 amide bonds. The van der Waals surface area contributed by atoms with Gasteiger partial charge in [-0.05, 0) is 147 Å². The number of hydrogen-bond acceptors (Lipinski definition) is 6. The molecule has 16 aromatic carbocycles. The Labute approximate surface area is 624 Å². The van der Waals surface area contributed by atoms with Gasteiger partial charge in [-0.15, -0.1) is 0 Å². The fourth-order valence-corrected chi connectivity index (χ4v) is 18.2. The maximum Gasteiger partial charge on any atom is 0.252 e. The molecule has 4 heterocycles. The number of nitrogens with zero attached hydrogens (tertiary/aromatic N) is 5. The fourth-order valence-electron chi connectivity index (χ4n) is 17.0. The maximum absolute atomic E-state index is 20.9. The number of rotatable bonds is 13. The zero-order chi connectivity index (χ0) is 71.2. The summed E-state index contributed by atoms with van der Waals surface area (Å²) in [4.78, 5) is 12.1. The van der Waals surface area contributed by atoms with Crippen molar-refractivity contribution < 1.29 is 13.2 Å². The van der Waals surface area contributed by atoms with Crippen LogP contribution in [0.5, 0.6) is 0 Å². The maximum atomic E-state index is 20.9. The van der Waals surface area contributed by atoms with Crippen molar-refractivity contribution in [1.29, 1.82) is 0 Å². The number of fused-ring (bicyclic) bond motifs is 8. The first-order valence-electron chi connectivity index (χ1n) is 36.1. The van der Waals surface area contributed by atoms with E-state index in [4.69, 9.17) is 0 Å². The number of benzene rings is 16. The van der Waals surface area contributed by atoms with Crippen molar-refractivity contribution in [1.82, 2.24) is 0 Å². The van der Waals surface area contributed by atoms with Gasteiger partial charge in [0.15, 0.2) is 5.82 Å². The highest BCUT2D eigenvalue weighted by atomic mass is 32.2. The molecule has 16 aromatic rings. The first-order valence-corrected chi connectivity index (χ1v) is 36.9. The first kappa shape index (κ1) is 63.5. The van der Waals surface area contributed by atoms with Gasteiger partial charge in [-0.1, -0.05) is 296 Å². The lowest BCUT2D eigenvalue weighted by molar-refractivity contribution is 0.580. The monoisotopic (exact) mass is 1400 g/mol. The normalized spacial score (nSPS) is 12.7. The Morgan fingerprint density at radius 3 is 1.15 bits per heavy atom. The van der Waals surface area contributed by atoms with Gasteiger partial charge in [-0.3, -0.25) is 0 Å². The van der Waals surface area contributed by atoms with Crippen LogP contribution in [0.3, 0.4) is 0 Å². The third-order valence-electron chi connectivity index (χ3n) is 21.4. The van der Waals surface area contributed by atoms with Gasteiger partial charge in [-0.2, -0.15) is 0 Å². The van der Waals surface area contributed by atoms with Crippen molar-refractivity contribution in [2.24, 2.45) is 0 Å². The van der Waals surface area contributed by atoms with Gasteiger partial charge in [0.2, 0.25) is 6.71 Å². The molecule has 11 heteroatoms. The minimum Gasteiger partial charge on any atom is -0.311 e. The van der Waals surface area contributed by atoms with E-state index in [1.54, 1.807) is 4.90 Å². The molecule has 0 saturated heterocycles. The second-order valence-electron chi connectivity index (χ2n) is 27.4. The number of para-hydroxylation sites is 9. The number of hydrogen-bond donors (Lipinski definition) is 0. The first-order chi connectivity index (χ1) is 52.9. The molecular formula is C96H62B2F3N5S. The second kappa shape index (κ2) is 26.2. The van der Waals surface area contributed by atoms with Gasteiger partial charge in [0.25, 0.3) is 6.71 Å². The molecule has 0 N–H and O–H groups in total. The molecular weight excluding hydrogens is 1330 g/mol. The lowest BCUT2D eigenvalue weighted by Gasteiger charge is -2.47. The Bertz CT molecular complexity index is 5950. The van der Waals surface area contributed by atoms with Crippen molar-refractivity contribution in [3.63, 3.8) is 0 Å². The Hall–Kier alpha value is -13.2. The van der Waals surface area contributed by atoms with Crippen molar-refractivity contribution >= 4 is 143 Å². The molecule has 0 aliphatic carbocycles. The Balaban J connectivity index is 0.925. The Morgan fingerprint density at radius 2 is 0.645 bits per heavy atom. The van der Waals surface area contributed by atoms with E-state index >= 15 is 13.2 Å². The molecule has 4 aliphatic heterocycles. The van der Waals surface area contributed by atoms with E-state index in [0.717, 1.165) is 139 Å².